The van der Waals surface area contributed by atoms with Crippen LogP contribution in [0.1, 0.15) is 12.8 Å². The predicted molar refractivity (Wildman–Crippen MR) is 51.9 cm³/mol. The van der Waals surface area contributed by atoms with Crippen LogP contribution in [0.25, 0.3) is 0 Å². The lowest BCUT2D eigenvalue weighted by Gasteiger charge is -2.19. The maximum absolute atomic E-state index is 12.4. The Labute approximate surface area is 100 Å². The Balaban J connectivity index is 4.06. The summed E-state index contributed by atoms with van der Waals surface area (Å²) in [7, 11) is 2.76. The minimum Gasteiger partial charge on any atom is -0.355 e. The van der Waals surface area contributed by atoms with Crippen molar-refractivity contribution in [3.63, 3.8) is 0 Å². The molecular weight excluding hydrogens is 263 g/mol. The quantitative estimate of drug-likeness (QED) is 0.605. The molecule has 0 aromatic heterocycles. The topological polar surface area (TPSA) is 49.4 Å². The molecule has 0 rings (SSSR count). The molecule has 0 aromatic carbocycles. The molecule has 18 heavy (non-hydrogen) atoms. The van der Waals surface area contributed by atoms with E-state index in [2.05, 4.69) is 0 Å². The SMILES string of the molecule is CN(C)C(=O)CC(=O)NCCC(F)(F)C(F)(F)F. The lowest BCUT2D eigenvalue weighted by atomic mass is 10.2. The average Bonchev–Trinajstić information content (AvgIpc) is 2.14. The van der Waals surface area contributed by atoms with E-state index in [9.17, 15) is 31.5 Å². The summed E-state index contributed by atoms with van der Waals surface area (Å²) in [6, 6.07) is 0. The lowest BCUT2D eigenvalue weighted by Crippen LogP contribution is -2.40. The molecule has 0 saturated carbocycles. The molecular formula is C9H13F5N2O2. The summed E-state index contributed by atoms with van der Waals surface area (Å²) >= 11 is 0. The average molecular weight is 276 g/mol. The molecule has 0 radical (unpaired) electrons. The molecule has 0 aliphatic heterocycles. The van der Waals surface area contributed by atoms with Gasteiger partial charge in [0.1, 0.15) is 6.42 Å². The fourth-order valence-corrected chi connectivity index (χ4v) is 0.859. The van der Waals surface area contributed by atoms with Crippen molar-refractivity contribution >= 4 is 11.8 Å². The summed E-state index contributed by atoms with van der Waals surface area (Å²) in [6.45, 7) is -0.855. The third-order valence-corrected chi connectivity index (χ3v) is 1.99. The van der Waals surface area contributed by atoms with E-state index in [0.29, 0.717) is 0 Å². The number of hydrogen-bond donors (Lipinski definition) is 1. The lowest BCUT2D eigenvalue weighted by molar-refractivity contribution is -0.283. The Morgan fingerprint density at radius 2 is 1.61 bits per heavy atom. The Kier molecular flexibility index (Phi) is 5.50. The highest BCUT2D eigenvalue weighted by Gasteiger charge is 2.56. The Bertz CT molecular complexity index is 315. The highest BCUT2D eigenvalue weighted by molar-refractivity contribution is 5.96. The normalized spacial score (nSPS) is 12.2. The molecule has 106 valence electrons. The first-order chi connectivity index (χ1) is 7.97. The third-order valence-electron chi connectivity index (χ3n) is 1.99. The van der Waals surface area contributed by atoms with E-state index in [-0.39, 0.29) is 0 Å². The maximum Gasteiger partial charge on any atom is 0.453 e. The molecule has 9 heteroatoms. The van der Waals surface area contributed by atoms with Crippen molar-refractivity contribution in [2.75, 3.05) is 20.6 Å². The second-order valence-corrected chi connectivity index (χ2v) is 3.77. The highest BCUT2D eigenvalue weighted by atomic mass is 19.4. The Morgan fingerprint density at radius 3 is 2.00 bits per heavy atom. The molecule has 4 nitrogen and oxygen atoms in total. The van der Waals surface area contributed by atoms with Gasteiger partial charge in [-0.2, -0.15) is 22.0 Å². The molecule has 0 heterocycles. The van der Waals surface area contributed by atoms with E-state index in [1.807, 2.05) is 5.32 Å². The molecule has 0 saturated heterocycles. The van der Waals surface area contributed by atoms with Gasteiger partial charge in [0.2, 0.25) is 11.8 Å². The van der Waals surface area contributed by atoms with Gasteiger partial charge < -0.3 is 10.2 Å². The molecule has 0 fully saturated rings. The molecule has 1 N–H and O–H groups in total. The van der Waals surface area contributed by atoms with Crippen LogP contribution < -0.4 is 5.32 Å². The number of nitrogens with one attached hydrogen (secondary N) is 1. The van der Waals surface area contributed by atoms with E-state index in [1.165, 1.54) is 14.1 Å². The highest BCUT2D eigenvalue weighted by Crippen LogP contribution is 2.37. The Hall–Kier alpha value is -1.41. The second kappa shape index (κ2) is 5.96. The zero-order valence-corrected chi connectivity index (χ0v) is 9.77. The van der Waals surface area contributed by atoms with Gasteiger partial charge in [-0.05, 0) is 0 Å². The largest absolute Gasteiger partial charge is 0.453 e. The van der Waals surface area contributed by atoms with Crippen LogP contribution in [0.3, 0.4) is 0 Å². The van der Waals surface area contributed by atoms with E-state index in [1.54, 1.807) is 0 Å². The third kappa shape index (κ3) is 5.28. The van der Waals surface area contributed by atoms with Gasteiger partial charge in [0.05, 0.1) is 0 Å². The van der Waals surface area contributed by atoms with Crippen LogP contribution in [-0.2, 0) is 9.59 Å². The van der Waals surface area contributed by atoms with Gasteiger partial charge in [0.15, 0.2) is 0 Å². The first kappa shape index (κ1) is 16.6. The predicted octanol–water partition coefficient (Wildman–Crippen LogP) is 1.17. The van der Waals surface area contributed by atoms with Crippen molar-refractivity contribution in [2.45, 2.75) is 24.9 Å². The number of alkyl halides is 5. The molecule has 0 atom stereocenters. The van der Waals surface area contributed by atoms with Gasteiger partial charge >= 0.3 is 12.1 Å². The van der Waals surface area contributed by atoms with Crippen molar-refractivity contribution in [2.24, 2.45) is 0 Å². The molecule has 0 spiro atoms. The number of rotatable bonds is 5. The molecule has 0 aromatic rings. The summed E-state index contributed by atoms with van der Waals surface area (Å²) in [5.41, 5.74) is 0. The van der Waals surface area contributed by atoms with E-state index in [0.717, 1.165) is 4.90 Å². The van der Waals surface area contributed by atoms with Gasteiger partial charge in [0, 0.05) is 27.1 Å². The van der Waals surface area contributed by atoms with Gasteiger partial charge in [-0.1, -0.05) is 0 Å². The summed E-state index contributed by atoms with van der Waals surface area (Å²) in [6.07, 6.45) is -7.79. The van der Waals surface area contributed by atoms with Crippen molar-refractivity contribution < 1.29 is 31.5 Å². The number of carbonyl (C=O) groups excluding carboxylic acids is 2. The summed E-state index contributed by atoms with van der Waals surface area (Å²) < 4.78 is 60.1. The minimum atomic E-state index is -5.64. The second-order valence-electron chi connectivity index (χ2n) is 3.77. The summed E-state index contributed by atoms with van der Waals surface area (Å²) in [5, 5.41) is 1.83. The van der Waals surface area contributed by atoms with Crippen molar-refractivity contribution in [1.29, 1.82) is 0 Å². The standard InChI is InChI=1S/C9H13F5N2O2/c1-16(2)7(18)5-6(17)15-4-3-8(10,11)9(12,13)14/h3-5H2,1-2H3,(H,15,17). The van der Waals surface area contributed by atoms with Crippen molar-refractivity contribution in [3.05, 3.63) is 0 Å². The van der Waals surface area contributed by atoms with Crippen LogP contribution in [0, 0.1) is 0 Å². The summed E-state index contributed by atoms with van der Waals surface area (Å²) in [4.78, 5) is 23.1. The van der Waals surface area contributed by atoms with Gasteiger partial charge in [-0.25, -0.2) is 0 Å². The van der Waals surface area contributed by atoms with Crippen molar-refractivity contribution in [3.8, 4) is 0 Å². The van der Waals surface area contributed by atoms with Crippen LogP contribution >= 0.6 is 0 Å². The fourth-order valence-electron chi connectivity index (χ4n) is 0.859. The number of amides is 2. The molecule has 2 amide bonds. The molecule has 0 aliphatic carbocycles. The van der Waals surface area contributed by atoms with Crippen molar-refractivity contribution in [1.82, 2.24) is 10.2 Å². The number of carbonyl (C=O) groups is 2. The zero-order valence-electron chi connectivity index (χ0n) is 9.77. The number of halogens is 5. The van der Waals surface area contributed by atoms with Gasteiger partial charge in [-0.15, -0.1) is 0 Å². The summed E-state index contributed by atoms with van der Waals surface area (Å²) in [5.74, 6) is -6.33. The molecule has 0 aliphatic rings. The first-order valence-electron chi connectivity index (χ1n) is 4.89. The maximum atomic E-state index is 12.4. The van der Waals surface area contributed by atoms with E-state index < -0.39 is 43.3 Å². The van der Waals surface area contributed by atoms with E-state index >= 15 is 0 Å². The van der Waals surface area contributed by atoms with Crippen LogP contribution in [-0.4, -0.2) is 49.5 Å². The van der Waals surface area contributed by atoms with E-state index in [4.69, 9.17) is 0 Å². The van der Waals surface area contributed by atoms with Gasteiger partial charge in [-0.3, -0.25) is 9.59 Å². The van der Waals surface area contributed by atoms with Crippen LogP contribution in [0.5, 0.6) is 0 Å². The minimum absolute atomic E-state index is 0.574. The number of hydrogen-bond acceptors (Lipinski definition) is 2. The van der Waals surface area contributed by atoms with Crippen LogP contribution in [0.15, 0.2) is 0 Å². The Morgan fingerprint density at radius 1 is 1.11 bits per heavy atom. The van der Waals surface area contributed by atoms with Gasteiger partial charge in [0.25, 0.3) is 0 Å². The van der Waals surface area contributed by atoms with Crippen LogP contribution in [0.2, 0.25) is 0 Å². The van der Waals surface area contributed by atoms with Crippen LogP contribution in [0.4, 0.5) is 22.0 Å². The smallest absolute Gasteiger partial charge is 0.355 e. The fraction of sp³-hybridized carbons (Fsp3) is 0.778. The zero-order chi connectivity index (χ0) is 14.6. The molecule has 0 bridgehead atoms. The monoisotopic (exact) mass is 276 g/mol. The molecule has 0 unspecified atom stereocenters. The first-order valence-corrected chi connectivity index (χ1v) is 4.89. The number of nitrogens with zero attached hydrogens (tertiary/aromatic N) is 1.